The molecule has 1 aliphatic heterocycles. The van der Waals surface area contributed by atoms with E-state index in [1.165, 1.54) is 0 Å². The van der Waals surface area contributed by atoms with Crippen LogP contribution in [0.25, 0.3) is 11.0 Å². The Hall–Kier alpha value is -1.93. The van der Waals surface area contributed by atoms with E-state index in [0.717, 1.165) is 24.3 Å². The van der Waals surface area contributed by atoms with Crippen molar-refractivity contribution in [2.45, 2.75) is 32.5 Å². The zero-order valence-electron chi connectivity index (χ0n) is 11.8. The van der Waals surface area contributed by atoms with Crippen LogP contribution < -0.4 is 16.2 Å². The smallest absolute Gasteiger partial charge is 0.241 e. The van der Waals surface area contributed by atoms with Crippen LogP contribution in [0.1, 0.15) is 20.8 Å². The third-order valence-electron chi connectivity index (χ3n) is 3.29. The number of nitrogens with two attached hydrogens (primary N) is 1. The molecule has 0 aromatic carbocycles. The normalized spacial score (nSPS) is 22.2. The maximum absolute atomic E-state index is 5.93. The highest BCUT2D eigenvalue weighted by Crippen LogP contribution is 2.29. The van der Waals surface area contributed by atoms with Crippen LogP contribution in [0.3, 0.4) is 0 Å². The Morgan fingerprint density at radius 3 is 3.00 bits per heavy atom. The molecule has 8 nitrogen and oxygen atoms in total. The second-order valence-electron chi connectivity index (χ2n) is 5.72. The zero-order valence-corrected chi connectivity index (χ0v) is 11.8. The lowest BCUT2D eigenvalue weighted by atomic mass is 10.1. The minimum absolute atomic E-state index is 0.130. The van der Waals surface area contributed by atoms with Gasteiger partial charge in [-0.2, -0.15) is 15.1 Å². The van der Waals surface area contributed by atoms with Crippen LogP contribution in [0.5, 0.6) is 0 Å². The lowest BCUT2D eigenvalue weighted by molar-refractivity contribution is -0.0750. The summed E-state index contributed by atoms with van der Waals surface area (Å²) in [7, 11) is 0. The lowest BCUT2D eigenvalue weighted by Crippen LogP contribution is -2.52. The number of aromatic nitrogens is 4. The quantitative estimate of drug-likeness (QED) is 0.546. The molecule has 0 amide bonds. The Bertz CT molecular complexity index is 623. The number of anilines is 2. The van der Waals surface area contributed by atoms with Crippen molar-refractivity contribution in [1.29, 1.82) is 0 Å². The van der Waals surface area contributed by atoms with Gasteiger partial charge in [-0.15, -0.1) is 0 Å². The number of rotatable bonds is 2. The van der Waals surface area contributed by atoms with Crippen molar-refractivity contribution >= 4 is 22.8 Å². The monoisotopic (exact) mass is 277 g/mol. The van der Waals surface area contributed by atoms with E-state index < -0.39 is 0 Å². The molecule has 1 fully saturated rings. The largest absolute Gasteiger partial charge is 0.369 e. The zero-order chi connectivity index (χ0) is 14.3. The van der Waals surface area contributed by atoms with Crippen LogP contribution in [0.15, 0.2) is 6.20 Å². The number of hydrogen-bond acceptors (Lipinski definition) is 7. The van der Waals surface area contributed by atoms with Crippen LogP contribution in [-0.2, 0) is 4.74 Å². The average molecular weight is 277 g/mol. The molecule has 1 aliphatic rings. The van der Waals surface area contributed by atoms with Crippen molar-refractivity contribution < 1.29 is 4.74 Å². The molecule has 2 aromatic rings. The van der Waals surface area contributed by atoms with Gasteiger partial charge in [-0.25, -0.2) is 5.84 Å². The van der Waals surface area contributed by atoms with Gasteiger partial charge < -0.3 is 9.64 Å². The van der Waals surface area contributed by atoms with Gasteiger partial charge in [-0.3, -0.25) is 10.5 Å². The van der Waals surface area contributed by atoms with E-state index in [4.69, 9.17) is 10.6 Å². The first-order valence-corrected chi connectivity index (χ1v) is 6.59. The number of fused-ring (bicyclic) bond motifs is 1. The van der Waals surface area contributed by atoms with Gasteiger partial charge in [-0.05, 0) is 20.8 Å². The minimum Gasteiger partial charge on any atom is -0.369 e. The molecule has 108 valence electrons. The lowest BCUT2D eigenvalue weighted by Gasteiger charge is -2.42. The Morgan fingerprint density at radius 1 is 1.50 bits per heavy atom. The predicted octanol–water partition coefficient (Wildman–Crippen LogP) is 0.642. The van der Waals surface area contributed by atoms with E-state index in [2.05, 4.69) is 51.3 Å². The fourth-order valence-electron chi connectivity index (χ4n) is 2.74. The summed E-state index contributed by atoms with van der Waals surface area (Å²) in [5.41, 5.74) is 2.93. The highest BCUT2D eigenvalue weighted by Gasteiger charge is 2.33. The second kappa shape index (κ2) is 4.57. The van der Waals surface area contributed by atoms with Gasteiger partial charge in [-0.1, -0.05) is 0 Å². The molecule has 1 unspecified atom stereocenters. The van der Waals surface area contributed by atoms with E-state index in [-0.39, 0.29) is 11.7 Å². The van der Waals surface area contributed by atoms with Crippen molar-refractivity contribution in [1.82, 2.24) is 20.2 Å². The Balaban J connectivity index is 2.06. The molecule has 0 spiro atoms. The summed E-state index contributed by atoms with van der Waals surface area (Å²) >= 11 is 0. The number of nitrogens with zero attached hydrogens (tertiary/aromatic N) is 4. The number of aromatic amines is 1. The molecule has 3 heterocycles. The van der Waals surface area contributed by atoms with E-state index in [9.17, 15) is 0 Å². The molecule has 1 saturated heterocycles. The fourth-order valence-corrected chi connectivity index (χ4v) is 2.74. The van der Waals surface area contributed by atoms with Gasteiger partial charge in [0.2, 0.25) is 5.95 Å². The van der Waals surface area contributed by atoms with Crippen molar-refractivity contribution in [2.75, 3.05) is 23.4 Å². The Kier molecular flexibility index (Phi) is 2.98. The van der Waals surface area contributed by atoms with E-state index in [1.807, 2.05) is 0 Å². The van der Waals surface area contributed by atoms with Crippen LogP contribution in [-0.4, -0.2) is 45.0 Å². The first-order valence-electron chi connectivity index (χ1n) is 6.59. The van der Waals surface area contributed by atoms with Gasteiger partial charge >= 0.3 is 0 Å². The molecule has 0 radical (unpaired) electrons. The first-order chi connectivity index (χ1) is 9.48. The topological polar surface area (TPSA) is 105 Å². The summed E-state index contributed by atoms with van der Waals surface area (Å²) in [5, 5.41) is 7.77. The van der Waals surface area contributed by atoms with E-state index >= 15 is 0 Å². The van der Waals surface area contributed by atoms with Crippen LogP contribution in [0.4, 0.5) is 11.8 Å². The molecule has 0 bridgehead atoms. The molecule has 3 rings (SSSR count). The van der Waals surface area contributed by atoms with E-state index in [1.54, 1.807) is 6.20 Å². The molecule has 0 saturated carbocycles. The number of H-pyrrole nitrogens is 1. The van der Waals surface area contributed by atoms with Gasteiger partial charge in [0, 0.05) is 13.1 Å². The number of ether oxygens (including phenoxy) is 1. The third-order valence-corrected chi connectivity index (χ3v) is 3.29. The van der Waals surface area contributed by atoms with Crippen molar-refractivity contribution in [2.24, 2.45) is 5.84 Å². The van der Waals surface area contributed by atoms with E-state index in [0.29, 0.717) is 11.6 Å². The number of nitrogen functional groups attached to an aromatic ring is 1. The maximum Gasteiger partial charge on any atom is 0.241 e. The van der Waals surface area contributed by atoms with Gasteiger partial charge in [0.25, 0.3) is 0 Å². The summed E-state index contributed by atoms with van der Waals surface area (Å²) in [5.74, 6) is 6.62. The summed E-state index contributed by atoms with van der Waals surface area (Å²) in [6.07, 6.45) is 1.86. The minimum atomic E-state index is -0.227. The summed E-state index contributed by atoms with van der Waals surface area (Å²) in [6, 6.07) is 0. The number of hydrazine groups is 1. The number of morpholine rings is 1. The highest BCUT2D eigenvalue weighted by molar-refractivity contribution is 5.87. The molecular weight excluding hydrogens is 258 g/mol. The second-order valence-corrected chi connectivity index (χ2v) is 5.72. The maximum atomic E-state index is 5.93. The molecule has 4 N–H and O–H groups in total. The van der Waals surface area contributed by atoms with Gasteiger partial charge in [0.1, 0.15) is 5.82 Å². The highest BCUT2D eigenvalue weighted by atomic mass is 16.5. The van der Waals surface area contributed by atoms with Crippen molar-refractivity contribution in [3.8, 4) is 0 Å². The predicted molar refractivity (Wildman–Crippen MR) is 76.3 cm³/mol. The third kappa shape index (κ3) is 2.27. The molecule has 1 atom stereocenters. The van der Waals surface area contributed by atoms with Crippen LogP contribution in [0.2, 0.25) is 0 Å². The van der Waals surface area contributed by atoms with Crippen LogP contribution >= 0.6 is 0 Å². The standard InChI is InChI=1S/C12H19N7O/c1-7-5-19(6-12(2,3)20-7)10-8-4-14-18-9(8)15-11(16-10)17-13/h4,7H,5-6,13H2,1-3H3,(H2,14,15,16,17,18). The Morgan fingerprint density at radius 2 is 2.30 bits per heavy atom. The van der Waals surface area contributed by atoms with Crippen LogP contribution in [0, 0.1) is 0 Å². The summed E-state index contributed by atoms with van der Waals surface area (Å²) in [4.78, 5) is 10.9. The first kappa shape index (κ1) is 13.1. The van der Waals surface area contributed by atoms with Gasteiger partial charge in [0.15, 0.2) is 5.65 Å². The molecule has 8 heteroatoms. The molecular formula is C12H19N7O. The van der Waals surface area contributed by atoms with Crippen molar-refractivity contribution in [3.05, 3.63) is 6.20 Å². The fraction of sp³-hybridized carbons (Fsp3) is 0.583. The summed E-state index contributed by atoms with van der Waals surface area (Å²) in [6.45, 7) is 7.73. The summed E-state index contributed by atoms with van der Waals surface area (Å²) < 4.78 is 5.93. The number of nitrogens with one attached hydrogen (secondary N) is 2. The average Bonchev–Trinajstić information content (AvgIpc) is 2.82. The Labute approximate surface area is 116 Å². The SMILES string of the molecule is CC1CN(c2nc(NN)nc3[nH]ncc23)CC(C)(C)O1. The molecule has 0 aliphatic carbocycles. The molecule has 2 aromatic heterocycles. The van der Waals surface area contributed by atoms with Crippen molar-refractivity contribution in [3.63, 3.8) is 0 Å². The molecule has 20 heavy (non-hydrogen) atoms. The van der Waals surface area contributed by atoms with Gasteiger partial charge in [0.05, 0.1) is 23.3 Å². The number of hydrogen-bond donors (Lipinski definition) is 3.